The summed E-state index contributed by atoms with van der Waals surface area (Å²) in [6.07, 6.45) is 0.234. The minimum atomic E-state index is -0.727. The second-order valence-electron chi connectivity index (χ2n) is 4.53. The molecule has 0 unspecified atom stereocenters. The summed E-state index contributed by atoms with van der Waals surface area (Å²) >= 11 is 0. The van der Waals surface area contributed by atoms with Gasteiger partial charge in [-0.3, -0.25) is 9.59 Å². The van der Waals surface area contributed by atoms with Gasteiger partial charge in [0.05, 0.1) is 11.3 Å². The molecule has 0 atom stereocenters. The number of hydrogen-bond acceptors (Lipinski definition) is 4. The first-order valence-electron chi connectivity index (χ1n) is 6.81. The van der Waals surface area contributed by atoms with Crippen LogP contribution < -0.4 is 16.8 Å². The van der Waals surface area contributed by atoms with Gasteiger partial charge in [0.15, 0.2) is 0 Å². The van der Waals surface area contributed by atoms with E-state index in [0.29, 0.717) is 13.1 Å². The molecule has 0 aliphatic carbocycles. The summed E-state index contributed by atoms with van der Waals surface area (Å²) in [5.74, 6) is -1.33. The highest BCUT2D eigenvalue weighted by atomic mass is 19.1. The molecule has 7 heteroatoms. The summed E-state index contributed by atoms with van der Waals surface area (Å²) in [6.45, 7) is 5.32. The first-order chi connectivity index (χ1) is 9.90. The van der Waals surface area contributed by atoms with Crippen LogP contribution in [-0.4, -0.2) is 36.3 Å². The minimum Gasteiger partial charge on any atom is -0.398 e. The van der Waals surface area contributed by atoms with E-state index in [0.717, 1.165) is 6.07 Å². The molecule has 0 radical (unpaired) electrons. The van der Waals surface area contributed by atoms with Crippen LogP contribution in [0.4, 0.5) is 15.8 Å². The number of nitrogens with two attached hydrogens (primary N) is 2. The highest BCUT2D eigenvalue weighted by molar-refractivity contribution is 5.99. The maximum atomic E-state index is 13.7. The standard InChI is InChI=1S/C14H21FN4O2/c1-3-19(4-2)13(20)5-6-18-12-7-9(14(17)21)11(16)8-10(12)15/h7-8,18H,3-6,16H2,1-2H3,(H2,17,21). The van der Waals surface area contributed by atoms with E-state index < -0.39 is 11.7 Å². The quantitative estimate of drug-likeness (QED) is 0.657. The molecule has 1 aromatic carbocycles. The lowest BCUT2D eigenvalue weighted by atomic mass is 10.1. The predicted molar refractivity (Wildman–Crippen MR) is 80.4 cm³/mol. The van der Waals surface area contributed by atoms with Crippen molar-refractivity contribution in [1.82, 2.24) is 4.90 Å². The molecule has 0 heterocycles. The van der Waals surface area contributed by atoms with E-state index in [1.807, 2.05) is 13.8 Å². The van der Waals surface area contributed by atoms with Crippen molar-refractivity contribution in [3.8, 4) is 0 Å². The van der Waals surface area contributed by atoms with Crippen LogP contribution in [0.25, 0.3) is 0 Å². The molecule has 0 aromatic heterocycles. The Hall–Kier alpha value is -2.31. The van der Waals surface area contributed by atoms with Crippen molar-refractivity contribution >= 4 is 23.2 Å². The van der Waals surface area contributed by atoms with Gasteiger partial charge in [0.2, 0.25) is 5.91 Å². The predicted octanol–water partition coefficient (Wildman–Crippen LogP) is 1.18. The zero-order valence-corrected chi connectivity index (χ0v) is 12.3. The highest BCUT2D eigenvalue weighted by Gasteiger charge is 2.13. The van der Waals surface area contributed by atoms with Gasteiger partial charge in [-0.2, -0.15) is 0 Å². The molecular formula is C14H21FN4O2. The van der Waals surface area contributed by atoms with Crippen molar-refractivity contribution in [2.24, 2.45) is 5.73 Å². The lowest BCUT2D eigenvalue weighted by Gasteiger charge is -2.19. The molecule has 0 saturated heterocycles. The minimum absolute atomic E-state index is 0.00947. The third kappa shape index (κ3) is 4.34. The number of halogens is 1. The molecule has 0 fully saturated rings. The molecule has 1 aromatic rings. The molecule has 0 saturated carbocycles. The first kappa shape index (κ1) is 16.7. The molecule has 0 aliphatic heterocycles. The monoisotopic (exact) mass is 296 g/mol. The fourth-order valence-electron chi connectivity index (χ4n) is 1.98. The second-order valence-corrected chi connectivity index (χ2v) is 4.53. The van der Waals surface area contributed by atoms with Crippen molar-refractivity contribution in [1.29, 1.82) is 0 Å². The summed E-state index contributed by atoms with van der Waals surface area (Å²) in [5.41, 5.74) is 10.8. The van der Waals surface area contributed by atoms with Gasteiger partial charge < -0.3 is 21.7 Å². The van der Waals surface area contributed by atoms with Gasteiger partial charge in [-0.05, 0) is 26.0 Å². The van der Waals surface area contributed by atoms with E-state index in [2.05, 4.69) is 5.32 Å². The SMILES string of the molecule is CCN(CC)C(=O)CCNc1cc(C(N)=O)c(N)cc1F. The summed E-state index contributed by atoms with van der Waals surface area (Å²) < 4.78 is 13.7. The van der Waals surface area contributed by atoms with Gasteiger partial charge in [0, 0.05) is 31.7 Å². The number of rotatable bonds is 7. The Bertz CT molecular complexity index is 530. The normalized spacial score (nSPS) is 10.2. The zero-order chi connectivity index (χ0) is 16.0. The first-order valence-corrected chi connectivity index (χ1v) is 6.81. The van der Waals surface area contributed by atoms with Crippen molar-refractivity contribution in [2.75, 3.05) is 30.7 Å². The van der Waals surface area contributed by atoms with Gasteiger partial charge in [-0.15, -0.1) is 0 Å². The van der Waals surface area contributed by atoms with Crippen LogP contribution in [0.15, 0.2) is 12.1 Å². The average molecular weight is 296 g/mol. The smallest absolute Gasteiger partial charge is 0.250 e. The van der Waals surface area contributed by atoms with E-state index in [-0.39, 0.29) is 35.8 Å². The number of benzene rings is 1. The van der Waals surface area contributed by atoms with Crippen molar-refractivity contribution in [3.63, 3.8) is 0 Å². The van der Waals surface area contributed by atoms with E-state index in [1.54, 1.807) is 4.90 Å². The van der Waals surface area contributed by atoms with E-state index in [1.165, 1.54) is 6.07 Å². The number of nitrogens with zero attached hydrogens (tertiary/aromatic N) is 1. The molecule has 116 valence electrons. The van der Waals surface area contributed by atoms with Crippen LogP contribution in [0.5, 0.6) is 0 Å². The fourth-order valence-corrected chi connectivity index (χ4v) is 1.98. The molecule has 0 spiro atoms. The summed E-state index contributed by atoms with van der Waals surface area (Å²) in [6, 6.07) is 2.30. The Kier molecular flexibility index (Phi) is 5.95. The molecule has 1 rings (SSSR count). The lowest BCUT2D eigenvalue weighted by Crippen LogP contribution is -2.31. The van der Waals surface area contributed by atoms with Gasteiger partial charge in [0.25, 0.3) is 5.91 Å². The third-order valence-corrected chi connectivity index (χ3v) is 3.18. The Labute approximate surface area is 123 Å². The highest BCUT2D eigenvalue weighted by Crippen LogP contribution is 2.21. The number of amides is 2. The van der Waals surface area contributed by atoms with Gasteiger partial charge in [-0.1, -0.05) is 0 Å². The van der Waals surface area contributed by atoms with Crippen LogP contribution >= 0.6 is 0 Å². The third-order valence-electron chi connectivity index (χ3n) is 3.18. The van der Waals surface area contributed by atoms with Gasteiger partial charge >= 0.3 is 0 Å². The largest absolute Gasteiger partial charge is 0.398 e. The fraction of sp³-hybridized carbons (Fsp3) is 0.429. The van der Waals surface area contributed by atoms with Gasteiger partial charge in [0.1, 0.15) is 5.82 Å². The van der Waals surface area contributed by atoms with E-state index >= 15 is 0 Å². The Morgan fingerprint density at radius 1 is 1.29 bits per heavy atom. The van der Waals surface area contributed by atoms with Crippen LogP contribution in [0.1, 0.15) is 30.6 Å². The van der Waals surface area contributed by atoms with Crippen LogP contribution in [0.3, 0.4) is 0 Å². The Morgan fingerprint density at radius 2 is 1.90 bits per heavy atom. The molecular weight excluding hydrogens is 275 g/mol. The number of carbonyl (C=O) groups is 2. The summed E-state index contributed by atoms with van der Waals surface area (Å²) in [5, 5.41) is 2.78. The van der Waals surface area contributed by atoms with Crippen LogP contribution in [0, 0.1) is 5.82 Å². The molecule has 6 nitrogen and oxygen atoms in total. The lowest BCUT2D eigenvalue weighted by molar-refractivity contribution is -0.130. The Morgan fingerprint density at radius 3 is 2.43 bits per heavy atom. The number of carbonyl (C=O) groups excluding carboxylic acids is 2. The average Bonchev–Trinajstić information content (AvgIpc) is 2.42. The number of nitrogens with one attached hydrogen (secondary N) is 1. The number of hydrogen-bond donors (Lipinski definition) is 3. The zero-order valence-electron chi connectivity index (χ0n) is 12.3. The van der Waals surface area contributed by atoms with E-state index in [9.17, 15) is 14.0 Å². The van der Waals surface area contributed by atoms with Crippen LogP contribution in [0.2, 0.25) is 0 Å². The maximum absolute atomic E-state index is 13.7. The molecule has 2 amide bonds. The number of nitrogen functional groups attached to an aromatic ring is 1. The summed E-state index contributed by atoms with van der Waals surface area (Å²) in [4.78, 5) is 24.7. The topological polar surface area (TPSA) is 101 Å². The molecule has 5 N–H and O–H groups in total. The Balaban J connectivity index is 2.70. The second kappa shape index (κ2) is 7.47. The summed E-state index contributed by atoms with van der Waals surface area (Å²) in [7, 11) is 0. The van der Waals surface area contributed by atoms with Crippen LogP contribution in [-0.2, 0) is 4.79 Å². The number of primary amides is 1. The maximum Gasteiger partial charge on any atom is 0.250 e. The van der Waals surface area contributed by atoms with Crippen molar-refractivity contribution in [2.45, 2.75) is 20.3 Å². The van der Waals surface area contributed by atoms with Crippen molar-refractivity contribution in [3.05, 3.63) is 23.5 Å². The van der Waals surface area contributed by atoms with E-state index in [4.69, 9.17) is 11.5 Å². The molecule has 0 aliphatic rings. The van der Waals surface area contributed by atoms with Crippen molar-refractivity contribution < 1.29 is 14.0 Å². The number of anilines is 2. The van der Waals surface area contributed by atoms with Gasteiger partial charge in [-0.25, -0.2) is 4.39 Å². The molecule has 0 bridgehead atoms. The molecule has 21 heavy (non-hydrogen) atoms.